The second-order valence-electron chi connectivity index (χ2n) is 4.89. The van der Waals surface area contributed by atoms with E-state index in [0.717, 1.165) is 4.31 Å². The van der Waals surface area contributed by atoms with Crippen LogP contribution in [0.5, 0.6) is 0 Å². The summed E-state index contributed by atoms with van der Waals surface area (Å²) in [6, 6.07) is 5.48. The van der Waals surface area contributed by atoms with Gasteiger partial charge in [-0.25, -0.2) is 13.2 Å². The van der Waals surface area contributed by atoms with Crippen molar-refractivity contribution in [2.24, 2.45) is 0 Å². The van der Waals surface area contributed by atoms with Crippen molar-refractivity contribution in [3.63, 3.8) is 0 Å². The first kappa shape index (κ1) is 14.0. The van der Waals surface area contributed by atoms with E-state index in [1.165, 1.54) is 24.3 Å². The van der Waals surface area contributed by atoms with Crippen LogP contribution in [0, 0.1) is 0 Å². The Morgan fingerprint density at radius 2 is 2.00 bits per heavy atom. The summed E-state index contributed by atoms with van der Waals surface area (Å²) in [4.78, 5) is 10.8. The van der Waals surface area contributed by atoms with Crippen LogP contribution in [-0.4, -0.2) is 47.6 Å². The van der Waals surface area contributed by atoms with Gasteiger partial charge in [0.25, 0.3) is 0 Å². The molecule has 0 amide bonds. The van der Waals surface area contributed by atoms with Crippen LogP contribution in [-0.2, 0) is 10.0 Å². The van der Waals surface area contributed by atoms with Gasteiger partial charge in [-0.2, -0.15) is 4.31 Å². The van der Waals surface area contributed by atoms with Crippen LogP contribution in [0.4, 0.5) is 0 Å². The normalized spacial score (nSPS) is 24.5. The number of carbonyl (C=O) groups is 1. The van der Waals surface area contributed by atoms with Crippen molar-refractivity contribution in [1.29, 1.82) is 0 Å². The van der Waals surface area contributed by atoms with Crippen molar-refractivity contribution in [2.45, 2.75) is 23.8 Å². The van der Waals surface area contributed by atoms with E-state index in [1.807, 2.05) is 0 Å². The molecule has 2 rings (SSSR count). The number of nitrogens with zero attached hydrogens (tertiary/aromatic N) is 1. The molecule has 1 atom stereocenters. The zero-order valence-electron chi connectivity index (χ0n) is 10.4. The summed E-state index contributed by atoms with van der Waals surface area (Å²) in [6.45, 7) is 1.72. The van der Waals surface area contributed by atoms with Gasteiger partial charge in [-0.05, 0) is 25.5 Å². The average molecular weight is 285 g/mol. The lowest BCUT2D eigenvalue weighted by molar-refractivity contribution is 0.0692. The van der Waals surface area contributed by atoms with E-state index in [-0.39, 0.29) is 23.5 Å². The molecule has 7 heteroatoms. The summed E-state index contributed by atoms with van der Waals surface area (Å²) in [7, 11) is -3.89. The van der Waals surface area contributed by atoms with Crippen molar-refractivity contribution in [3.8, 4) is 0 Å². The number of rotatable bonds is 3. The highest BCUT2D eigenvalue weighted by atomic mass is 32.2. The van der Waals surface area contributed by atoms with Gasteiger partial charge in [0.2, 0.25) is 10.0 Å². The number of aromatic carboxylic acids is 1. The Labute approximate surface area is 111 Å². The lowest BCUT2D eigenvalue weighted by atomic mass is 10.1. The molecule has 19 heavy (non-hydrogen) atoms. The Kier molecular flexibility index (Phi) is 3.38. The monoisotopic (exact) mass is 285 g/mol. The van der Waals surface area contributed by atoms with E-state index in [9.17, 15) is 18.3 Å². The maximum atomic E-state index is 12.4. The van der Waals surface area contributed by atoms with Crippen molar-refractivity contribution in [3.05, 3.63) is 29.8 Å². The summed E-state index contributed by atoms with van der Waals surface area (Å²) in [5, 5.41) is 18.9. The quantitative estimate of drug-likeness (QED) is 0.844. The van der Waals surface area contributed by atoms with Crippen LogP contribution in [0.1, 0.15) is 23.7 Å². The van der Waals surface area contributed by atoms with E-state index in [4.69, 9.17) is 5.11 Å². The van der Waals surface area contributed by atoms with Gasteiger partial charge in [0, 0.05) is 13.1 Å². The number of hydrogen-bond acceptors (Lipinski definition) is 4. The van der Waals surface area contributed by atoms with E-state index in [1.54, 1.807) is 6.92 Å². The van der Waals surface area contributed by atoms with Crippen LogP contribution in [0.3, 0.4) is 0 Å². The summed E-state index contributed by atoms with van der Waals surface area (Å²) in [5.74, 6) is -1.29. The molecule has 104 valence electrons. The molecule has 1 heterocycles. The minimum atomic E-state index is -3.89. The molecule has 0 aliphatic carbocycles. The van der Waals surface area contributed by atoms with Gasteiger partial charge in [-0.1, -0.05) is 12.1 Å². The van der Waals surface area contributed by atoms with Crippen LogP contribution in [0.25, 0.3) is 0 Å². The Bertz CT molecular complexity index is 608. The molecule has 1 fully saturated rings. The number of aliphatic hydroxyl groups is 1. The van der Waals surface area contributed by atoms with Gasteiger partial charge in [0.15, 0.2) is 0 Å². The van der Waals surface area contributed by atoms with E-state index in [2.05, 4.69) is 0 Å². The highest BCUT2D eigenvalue weighted by Gasteiger charge is 2.39. The molecule has 0 aromatic heterocycles. The fraction of sp³-hybridized carbons (Fsp3) is 0.417. The van der Waals surface area contributed by atoms with Crippen molar-refractivity contribution in [2.75, 3.05) is 13.1 Å². The zero-order valence-corrected chi connectivity index (χ0v) is 11.2. The van der Waals surface area contributed by atoms with Crippen LogP contribution in [0.2, 0.25) is 0 Å². The molecule has 1 aromatic rings. The second-order valence-corrected chi connectivity index (χ2v) is 6.79. The summed E-state index contributed by atoms with van der Waals surface area (Å²) < 4.78 is 25.9. The molecular formula is C12H15NO5S. The average Bonchev–Trinajstić information content (AvgIpc) is 2.70. The lowest BCUT2D eigenvalue weighted by Gasteiger charge is -2.19. The third kappa shape index (κ3) is 2.63. The summed E-state index contributed by atoms with van der Waals surface area (Å²) in [5.41, 5.74) is -1.32. The molecule has 2 N–H and O–H groups in total. The molecule has 1 saturated heterocycles. The molecule has 1 aromatic carbocycles. The van der Waals surface area contributed by atoms with Gasteiger partial charge in [0.05, 0.1) is 16.1 Å². The van der Waals surface area contributed by atoms with E-state index in [0.29, 0.717) is 6.42 Å². The second kappa shape index (κ2) is 4.59. The Hall–Kier alpha value is -1.44. The Balaban J connectivity index is 2.44. The minimum absolute atomic E-state index is 0.0245. The Morgan fingerprint density at radius 1 is 1.37 bits per heavy atom. The maximum Gasteiger partial charge on any atom is 0.337 e. The molecule has 0 bridgehead atoms. The largest absolute Gasteiger partial charge is 0.478 e. The van der Waals surface area contributed by atoms with Gasteiger partial charge in [-0.3, -0.25) is 0 Å². The third-order valence-electron chi connectivity index (χ3n) is 3.15. The number of sulfonamides is 1. The first-order chi connectivity index (χ1) is 8.74. The molecule has 1 aliphatic rings. The number of hydrogen-bond donors (Lipinski definition) is 2. The molecule has 0 radical (unpaired) electrons. The topological polar surface area (TPSA) is 94.9 Å². The van der Waals surface area contributed by atoms with E-state index < -0.39 is 21.6 Å². The number of carboxylic acid groups (broad SMARTS) is 1. The van der Waals surface area contributed by atoms with Gasteiger partial charge >= 0.3 is 5.97 Å². The SMILES string of the molecule is CC1(O)CCN(S(=O)(=O)c2ccccc2C(=O)O)C1. The molecule has 0 spiro atoms. The maximum absolute atomic E-state index is 12.4. The van der Waals surface area contributed by atoms with Crippen LogP contribution in [0.15, 0.2) is 29.2 Å². The molecule has 1 aliphatic heterocycles. The predicted octanol–water partition coefficient (Wildman–Crippen LogP) is 0.530. The van der Waals surface area contributed by atoms with E-state index >= 15 is 0 Å². The number of benzene rings is 1. The molecular weight excluding hydrogens is 270 g/mol. The van der Waals surface area contributed by atoms with Crippen molar-refractivity contribution < 1.29 is 23.4 Å². The molecule has 6 nitrogen and oxygen atoms in total. The van der Waals surface area contributed by atoms with Crippen LogP contribution < -0.4 is 0 Å². The minimum Gasteiger partial charge on any atom is -0.478 e. The number of β-amino-alcohol motifs (C(OH)–C–C–N with tert-alkyl or cyclic N) is 1. The molecule has 1 unspecified atom stereocenters. The first-order valence-electron chi connectivity index (χ1n) is 5.79. The molecule has 0 saturated carbocycles. The van der Waals surface area contributed by atoms with Crippen molar-refractivity contribution >= 4 is 16.0 Å². The smallest absolute Gasteiger partial charge is 0.337 e. The Morgan fingerprint density at radius 3 is 2.53 bits per heavy atom. The van der Waals surface area contributed by atoms with Gasteiger partial charge in [-0.15, -0.1) is 0 Å². The fourth-order valence-corrected chi connectivity index (χ4v) is 3.86. The predicted molar refractivity (Wildman–Crippen MR) is 67.4 cm³/mol. The number of carboxylic acids is 1. The van der Waals surface area contributed by atoms with Crippen molar-refractivity contribution in [1.82, 2.24) is 4.31 Å². The summed E-state index contributed by atoms with van der Waals surface area (Å²) >= 11 is 0. The van der Waals surface area contributed by atoms with Gasteiger partial charge < -0.3 is 10.2 Å². The van der Waals surface area contributed by atoms with Crippen LogP contribution >= 0.6 is 0 Å². The summed E-state index contributed by atoms with van der Waals surface area (Å²) in [6.07, 6.45) is 0.335. The first-order valence-corrected chi connectivity index (χ1v) is 7.23. The fourth-order valence-electron chi connectivity index (χ4n) is 2.12. The highest BCUT2D eigenvalue weighted by Crippen LogP contribution is 2.28. The standard InChI is InChI=1S/C12H15NO5S/c1-12(16)6-7-13(8-12)19(17,18)10-5-3-2-4-9(10)11(14)15/h2-5,16H,6-8H2,1H3,(H,14,15). The third-order valence-corrected chi connectivity index (χ3v) is 5.06. The van der Waals surface area contributed by atoms with Gasteiger partial charge in [0.1, 0.15) is 0 Å². The highest BCUT2D eigenvalue weighted by molar-refractivity contribution is 7.89. The lowest BCUT2D eigenvalue weighted by Crippen LogP contribution is -2.34. The zero-order chi connectivity index (χ0) is 14.3.